The van der Waals surface area contributed by atoms with Crippen LogP contribution in [0.4, 0.5) is 0 Å². The lowest BCUT2D eigenvalue weighted by molar-refractivity contribution is 0.669. The third kappa shape index (κ3) is 2.74. The Morgan fingerprint density at radius 2 is 1.59 bits per heavy atom. The summed E-state index contributed by atoms with van der Waals surface area (Å²) >= 11 is 0. The molecule has 6 aromatic rings. The molecule has 6 rings (SSSR count). The van der Waals surface area contributed by atoms with Crippen molar-refractivity contribution >= 4 is 43.6 Å². The lowest BCUT2D eigenvalue weighted by atomic mass is 9.96. The molecule has 156 valence electrons. The quantitative estimate of drug-likeness (QED) is 0.268. The third-order valence-corrected chi connectivity index (χ3v) is 6.32. The van der Waals surface area contributed by atoms with Crippen molar-refractivity contribution in [1.29, 1.82) is 0 Å². The molecular formula is C29H24N2O. The summed E-state index contributed by atoms with van der Waals surface area (Å²) in [5.41, 5.74) is 7.24. The molecule has 0 spiro atoms. The van der Waals surface area contributed by atoms with Crippen molar-refractivity contribution in [2.24, 2.45) is 0 Å². The topological polar surface area (TPSA) is 38.9 Å². The van der Waals surface area contributed by atoms with E-state index in [1.54, 1.807) is 0 Å². The van der Waals surface area contributed by atoms with Gasteiger partial charge >= 0.3 is 0 Å². The first kappa shape index (κ1) is 19.0. The zero-order valence-corrected chi connectivity index (χ0v) is 18.7. The zero-order valence-electron chi connectivity index (χ0n) is 18.7. The highest BCUT2D eigenvalue weighted by Crippen LogP contribution is 2.39. The van der Waals surface area contributed by atoms with Crippen molar-refractivity contribution in [2.75, 3.05) is 0 Å². The predicted octanol–water partition coefficient (Wildman–Crippen LogP) is 8.09. The van der Waals surface area contributed by atoms with Crippen LogP contribution in [0, 0.1) is 13.8 Å². The summed E-state index contributed by atoms with van der Waals surface area (Å²) in [5, 5.41) is 5.72. The Hall–Kier alpha value is -3.72. The first-order valence-corrected chi connectivity index (χ1v) is 11.1. The Kier molecular flexibility index (Phi) is 4.09. The molecule has 0 aliphatic heterocycles. The second-order valence-corrected chi connectivity index (χ2v) is 9.01. The van der Waals surface area contributed by atoms with E-state index in [9.17, 15) is 0 Å². The van der Waals surface area contributed by atoms with Gasteiger partial charge in [0.15, 0.2) is 0 Å². The zero-order chi connectivity index (χ0) is 22.0. The Morgan fingerprint density at radius 1 is 0.781 bits per heavy atom. The monoisotopic (exact) mass is 416 g/mol. The first-order chi connectivity index (χ1) is 15.5. The van der Waals surface area contributed by atoms with Gasteiger partial charge in [-0.05, 0) is 43.0 Å². The van der Waals surface area contributed by atoms with Gasteiger partial charge in [-0.15, -0.1) is 0 Å². The first-order valence-electron chi connectivity index (χ1n) is 11.1. The second kappa shape index (κ2) is 6.89. The molecule has 2 aromatic heterocycles. The number of aromatic nitrogens is 2. The van der Waals surface area contributed by atoms with Gasteiger partial charge < -0.3 is 4.42 Å². The average molecular weight is 417 g/mol. The number of benzene rings is 4. The molecule has 0 aliphatic carbocycles. The molecule has 3 nitrogen and oxygen atoms in total. The van der Waals surface area contributed by atoms with E-state index >= 15 is 0 Å². The number of para-hydroxylation sites is 2. The third-order valence-electron chi connectivity index (χ3n) is 6.32. The molecule has 0 bridgehead atoms. The highest BCUT2D eigenvalue weighted by molar-refractivity contribution is 6.15. The maximum atomic E-state index is 6.35. The molecule has 0 fully saturated rings. The van der Waals surface area contributed by atoms with Gasteiger partial charge in [0.05, 0.1) is 11.2 Å². The van der Waals surface area contributed by atoms with Gasteiger partial charge in [-0.2, -0.15) is 0 Å². The Bertz CT molecular complexity index is 1670. The van der Waals surface area contributed by atoms with Crippen molar-refractivity contribution in [3.63, 3.8) is 0 Å². The Morgan fingerprint density at radius 3 is 2.44 bits per heavy atom. The van der Waals surface area contributed by atoms with Crippen molar-refractivity contribution in [3.8, 4) is 11.3 Å². The second-order valence-electron chi connectivity index (χ2n) is 9.01. The summed E-state index contributed by atoms with van der Waals surface area (Å²) in [6.07, 6.45) is 0. The SMILES string of the molecule is Cc1cc(C)c2c(ccc3c(-c4cccc5c4oc4ccccc45)nc(C(C)C)nc32)c1. The molecule has 32 heavy (non-hydrogen) atoms. The molecule has 0 radical (unpaired) electrons. The molecule has 0 unspecified atom stereocenters. The fourth-order valence-corrected chi connectivity index (χ4v) is 4.86. The molecular weight excluding hydrogens is 392 g/mol. The van der Waals surface area contributed by atoms with Crippen LogP contribution >= 0.6 is 0 Å². The van der Waals surface area contributed by atoms with Crippen molar-refractivity contribution < 1.29 is 4.42 Å². The maximum absolute atomic E-state index is 6.35. The van der Waals surface area contributed by atoms with Crippen LogP contribution in [-0.4, -0.2) is 9.97 Å². The van der Waals surface area contributed by atoms with Crippen molar-refractivity contribution in [1.82, 2.24) is 9.97 Å². The van der Waals surface area contributed by atoms with Gasteiger partial charge in [-0.1, -0.05) is 67.9 Å². The van der Waals surface area contributed by atoms with Crippen LogP contribution in [0.25, 0.3) is 54.9 Å². The molecule has 0 saturated heterocycles. The molecule has 0 saturated carbocycles. The number of rotatable bonds is 2. The van der Waals surface area contributed by atoms with Gasteiger partial charge in [0.2, 0.25) is 0 Å². The number of hydrogen-bond donors (Lipinski definition) is 0. The van der Waals surface area contributed by atoms with Gasteiger partial charge in [-0.3, -0.25) is 0 Å². The fraction of sp³-hybridized carbons (Fsp3) is 0.172. The molecule has 0 atom stereocenters. The summed E-state index contributed by atoms with van der Waals surface area (Å²) in [5.74, 6) is 1.07. The van der Waals surface area contributed by atoms with Gasteiger partial charge in [-0.25, -0.2) is 9.97 Å². The summed E-state index contributed by atoms with van der Waals surface area (Å²) in [4.78, 5) is 10.1. The summed E-state index contributed by atoms with van der Waals surface area (Å²) in [7, 11) is 0. The highest BCUT2D eigenvalue weighted by Gasteiger charge is 2.19. The lowest BCUT2D eigenvalue weighted by Gasteiger charge is -2.14. The van der Waals surface area contributed by atoms with Gasteiger partial charge in [0.1, 0.15) is 17.0 Å². The highest BCUT2D eigenvalue weighted by atomic mass is 16.3. The van der Waals surface area contributed by atoms with Crippen LogP contribution in [0.1, 0.15) is 36.7 Å². The van der Waals surface area contributed by atoms with E-state index in [-0.39, 0.29) is 5.92 Å². The minimum atomic E-state index is 0.217. The Balaban J connectivity index is 1.78. The van der Waals surface area contributed by atoms with Gasteiger partial charge in [0.25, 0.3) is 0 Å². The summed E-state index contributed by atoms with van der Waals surface area (Å²) in [6.45, 7) is 8.61. The molecule has 3 heteroatoms. The van der Waals surface area contributed by atoms with E-state index in [0.717, 1.165) is 49.9 Å². The van der Waals surface area contributed by atoms with Crippen LogP contribution in [0.3, 0.4) is 0 Å². The minimum absolute atomic E-state index is 0.217. The Labute approximate surface area is 186 Å². The minimum Gasteiger partial charge on any atom is -0.455 e. The number of aryl methyl sites for hydroxylation is 2. The summed E-state index contributed by atoms with van der Waals surface area (Å²) in [6, 6.07) is 23.4. The van der Waals surface area contributed by atoms with E-state index < -0.39 is 0 Å². The molecule has 4 aromatic carbocycles. The molecule has 0 amide bonds. The molecule has 0 N–H and O–H groups in total. The molecule has 2 heterocycles. The number of hydrogen-bond acceptors (Lipinski definition) is 3. The van der Waals surface area contributed by atoms with Crippen LogP contribution in [0.2, 0.25) is 0 Å². The van der Waals surface area contributed by atoms with Crippen molar-refractivity contribution in [2.45, 2.75) is 33.6 Å². The lowest BCUT2D eigenvalue weighted by Crippen LogP contribution is -2.02. The average Bonchev–Trinajstić information content (AvgIpc) is 3.16. The van der Waals surface area contributed by atoms with Crippen LogP contribution in [0.15, 0.2) is 71.1 Å². The van der Waals surface area contributed by atoms with E-state index in [0.29, 0.717) is 0 Å². The number of nitrogens with zero attached hydrogens (tertiary/aromatic N) is 2. The predicted molar refractivity (Wildman–Crippen MR) is 133 cm³/mol. The standard InChI is InChI=1S/C29H24N2O/c1-16(2)29-30-26(22-13-12-19-15-17(3)14-18(4)25(19)27(22)31-29)23-10-7-9-21-20-8-5-6-11-24(20)32-28(21)23/h5-16H,1-4H3. The van der Waals surface area contributed by atoms with Crippen molar-refractivity contribution in [3.05, 3.63) is 83.7 Å². The normalized spacial score (nSPS) is 12.0. The fourth-order valence-electron chi connectivity index (χ4n) is 4.86. The van der Waals surface area contributed by atoms with Crippen LogP contribution in [-0.2, 0) is 0 Å². The number of fused-ring (bicyclic) bond motifs is 6. The van der Waals surface area contributed by atoms with E-state index in [4.69, 9.17) is 14.4 Å². The summed E-state index contributed by atoms with van der Waals surface area (Å²) < 4.78 is 6.35. The molecule has 0 aliphatic rings. The largest absolute Gasteiger partial charge is 0.455 e. The number of furan rings is 1. The smallest absolute Gasteiger partial charge is 0.144 e. The van der Waals surface area contributed by atoms with Crippen LogP contribution in [0.5, 0.6) is 0 Å². The maximum Gasteiger partial charge on any atom is 0.144 e. The van der Waals surface area contributed by atoms with Crippen LogP contribution < -0.4 is 0 Å². The van der Waals surface area contributed by atoms with E-state index in [1.165, 1.54) is 21.9 Å². The van der Waals surface area contributed by atoms with E-state index in [1.807, 2.05) is 12.1 Å². The van der Waals surface area contributed by atoms with Gasteiger partial charge in [0, 0.05) is 33.0 Å². The van der Waals surface area contributed by atoms with E-state index in [2.05, 4.69) is 82.3 Å².